The minimum atomic E-state index is -1.01. The zero-order chi connectivity index (χ0) is 22.1. The molecule has 1 heterocycles. The second kappa shape index (κ2) is 11.3. The monoisotopic (exact) mass is 425 g/mol. The van der Waals surface area contributed by atoms with Crippen LogP contribution in [-0.4, -0.2) is 41.7 Å². The predicted octanol–water partition coefficient (Wildman–Crippen LogP) is 3.44. The molecule has 1 aliphatic carbocycles. The van der Waals surface area contributed by atoms with Gasteiger partial charge in [-0.1, -0.05) is 37.5 Å². The van der Waals surface area contributed by atoms with E-state index in [1.165, 1.54) is 0 Å². The van der Waals surface area contributed by atoms with E-state index < -0.39 is 12.0 Å². The molecule has 1 aliphatic rings. The van der Waals surface area contributed by atoms with E-state index in [0.29, 0.717) is 18.8 Å². The summed E-state index contributed by atoms with van der Waals surface area (Å²) in [4.78, 5) is 28.6. The van der Waals surface area contributed by atoms with Crippen molar-refractivity contribution in [3.8, 4) is 5.75 Å². The van der Waals surface area contributed by atoms with Crippen molar-refractivity contribution in [3.05, 3.63) is 53.7 Å². The number of carboxylic acid groups (broad SMARTS) is 1. The number of amides is 1. The molecule has 7 heteroatoms. The number of hydrogen-bond acceptors (Lipinski definition) is 5. The van der Waals surface area contributed by atoms with Crippen molar-refractivity contribution in [3.63, 3.8) is 0 Å². The topological polar surface area (TPSA) is 101 Å². The first kappa shape index (κ1) is 22.6. The largest absolute Gasteiger partial charge is 0.493 e. The third kappa shape index (κ3) is 6.98. The van der Waals surface area contributed by atoms with Gasteiger partial charge in [0.1, 0.15) is 17.6 Å². The molecule has 1 aromatic carbocycles. The van der Waals surface area contributed by atoms with Crippen LogP contribution in [-0.2, 0) is 22.4 Å². The number of anilines is 1. The fourth-order valence-corrected chi connectivity index (χ4v) is 3.84. The van der Waals surface area contributed by atoms with Crippen LogP contribution < -0.4 is 15.4 Å². The molecule has 1 atom stereocenters. The number of carbonyl (C=O) groups is 2. The van der Waals surface area contributed by atoms with Crippen LogP contribution in [0.2, 0.25) is 0 Å². The Labute approximate surface area is 183 Å². The molecular formula is C24H31N3O4. The van der Waals surface area contributed by atoms with E-state index in [2.05, 4.69) is 15.6 Å². The molecular weight excluding hydrogens is 394 g/mol. The van der Waals surface area contributed by atoms with Crippen molar-refractivity contribution in [2.24, 2.45) is 5.92 Å². The molecule has 1 saturated carbocycles. The van der Waals surface area contributed by atoms with Gasteiger partial charge in [-0.3, -0.25) is 4.79 Å². The van der Waals surface area contributed by atoms with E-state index in [-0.39, 0.29) is 18.2 Å². The highest BCUT2D eigenvalue weighted by molar-refractivity contribution is 5.85. The Balaban J connectivity index is 1.49. The van der Waals surface area contributed by atoms with Crippen LogP contribution >= 0.6 is 0 Å². The Hall–Kier alpha value is -3.09. The number of carbonyl (C=O) groups excluding carboxylic acids is 1. The number of nitrogens with one attached hydrogen (secondary N) is 2. The van der Waals surface area contributed by atoms with E-state index in [9.17, 15) is 14.7 Å². The van der Waals surface area contributed by atoms with Gasteiger partial charge in [0.25, 0.3) is 0 Å². The highest BCUT2D eigenvalue weighted by Gasteiger charge is 2.26. The predicted molar refractivity (Wildman–Crippen MR) is 119 cm³/mol. The summed E-state index contributed by atoms with van der Waals surface area (Å²) in [7, 11) is 1.83. The molecule has 1 fully saturated rings. The molecule has 0 aliphatic heterocycles. The molecule has 0 unspecified atom stereocenters. The van der Waals surface area contributed by atoms with Crippen LogP contribution in [0.5, 0.6) is 5.75 Å². The standard InChI is InChI=1S/C24H31N3O4/c1-25-22-9-5-8-19(26-22)14-15-31-20-12-10-17(11-13-20)16-21(24(29)30)27-23(28)18-6-3-2-4-7-18/h5,8-13,18,21H,2-4,6-7,14-16H2,1H3,(H,25,26)(H,27,28)(H,29,30)/t21-/m0/s1. The number of ether oxygens (including phenoxy) is 1. The molecule has 0 bridgehead atoms. The summed E-state index contributed by atoms with van der Waals surface area (Å²) in [5.74, 6) is 0.329. The molecule has 0 saturated heterocycles. The zero-order valence-corrected chi connectivity index (χ0v) is 18.0. The Morgan fingerprint density at radius 2 is 1.87 bits per heavy atom. The van der Waals surface area contributed by atoms with Crippen LogP contribution in [0.3, 0.4) is 0 Å². The van der Waals surface area contributed by atoms with Gasteiger partial charge >= 0.3 is 5.97 Å². The maximum absolute atomic E-state index is 12.4. The van der Waals surface area contributed by atoms with Crippen LogP contribution in [0.1, 0.15) is 43.4 Å². The molecule has 3 N–H and O–H groups in total. The van der Waals surface area contributed by atoms with Gasteiger partial charge in [0.15, 0.2) is 0 Å². The number of aromatic nitrogens is 1. The summed E-state index contributed by atoms with van der Waals surface area (Å²) >= 11 is 0. The third-order valence-corrected chi connectivity index (χ3v) is 5.64. The Morgan fingerprint density at radius 1 is 1.13 bits per heavy atom. The molecule has 2 aromatic rings. The van der Waals surface area contributed by atoms with Crippen molar-refractivity contribution >= 4 is 17.7 Å². The van der Waals surface area contributed by atoms with Crippen LogP contribution in [0.25, 0.3) is 0 Å². The van der Waals surface area contributed by atoms with Crippen molar-refractivity contribution in [1.29, 1.82) is 0 Å². The number of pyridine rings is 1. The van der Waals surface area contributed by atoms with Crippen LogP contribution in [0.15, 0.2) is 42.5 Å². The lowest BCUT2D eigenvalue weighted by Gasteiger charge is -2.23. The first-order valence-corrected chi connectivity index (χ1v) is 10.9. The van der Waals surface area contributed by atoms with Crippen molar-refractivity contribution in [2.45, 2.75) is 51.0 Å². The number of aliphatic carboxylic acids is 1. The first-order valence-electron chi connectivity index (χ1n) is 10.9. The highest BCUT2D eigenvalue weighted by atomic mass is 16.5. The van der Waals surface area contributed by atoms with Gasteiger partial charge in [-0.05, 0) is 42.7 Å². The lowest BCUT2D eigenvalue weighted by Crippen LogP contribution is -2.45. The first-order chi connectivity index (χ1) is 15.0. The minimum Gasteiger partial charge on any atom is -0.493 e. The van der Waals surface area contributed by atoms with Crippen LogP contribution in [0.4, 0.5) is 5.82 Å². The van der Waals surface area contributed by atoms with E-state index in [1.807, 2.05) is 49.5 Å². The Morgan fingerprint density at radius 3 is 2.55 bits per heavy atom. The van der Waals surface area contributed by atoms with Crippen molar-refractivity contribution in [1.82, 2.24) is 10.3 Å². The Bertz CT molecular complexity index is 863. The number of benzene rings is 1. The smallest absolute Gasteiger partial charge is 0.326 e. The summed E-state index contributed by atoms with van der Waals surface area (Å²) in [6, 6.07) is 12.2. The van der Waals surface area contributed by atoms with E-state index >= 15 is 0 Å². The second-order valence-corrected chi connectivity index (χ2v) is 7.95. The van der Waals surface area contributed by atoms with Gasteiger partial charge in [-0.2, -0.15) is 0 Å². The molecule has 166 valence electrons. The number of carboxylic acids is 1. The third-order valence-electron chi connectivity index (χ3n) is 5.64. The molecule has 3 rings (SSSR count). The summed E-state index contributed by atoms with van der Waals surface area (Å²) in [5.41, 5.74) is 1.79. The summed E-state index contributed by atoms with van der Waals surface area (Å²) in [6.07, 6.45) is 5.85. The van der Waals surface area contributed by atoms with Crippen molar-refractivity contribution < 1.29 is 19.4 Å². The van der Waals surface area contributed by atoms with Gasteiger partial charge in [0.05, 0.1) is 6.61 Å². The summed E-state index contributed by atoms with van der Waals surface area (Å²) < 4.78 is 5.79. The maximum Gasteiger partial charge on any atom is 0.326 e. The average Bonchev–Trinajstić information content (AvgIpc) is 2.80. The normalized spacial score (nSPS) is 15.1. The van der Waals surface area contributed by atoms with E-state index in [4.69, 9.17) is 4.74 Å². The SMILES string of the molecule is CNc1cccc(CCOc2ccc(C[C@H](NC(=O)C3CCCCC3)C(=O)O)cc2)n1. The summed E-state index contributed by atoms with van der Waals surface area (Å²) in [6.45, 7) is 0.495. The molecule has 7 nitrogen and oxygen atoms in total. The maximum atomic E-state index is 12.4. The van der Waals surface area contributed by atoms with Gasteiger partial charge < -0.3 is 20.5 Å². The highest BCUT2D eigenvalue weighted by Crippen LogP contribution is 2.24. The van der Waals surface area contributed by atoms with Crippen molar-refractivity contribution in [2.75, 3.05) is 19.0 Å². The summed E-state index contributed by atoms with van der Waals surface area (Å²) in [5, 5.41) is 15.3. The van der Waals surface area contributed by atoms with Gasteiger partial charge in [0, 0.05) is 31.5 Å². The Kier molecular flexibility index (Phi) is 8.27. The number of nitrogens with zero attached hydrogens (tertiary/aromatic N) is 1. The van der Waals surface area contributed by atoms with Gasteiger partial charge in [-0.15, -0.1) is 0 Å². The van der Waals surface area contributed by atoms with Gasteiger partial charge in [0.2, 0.25) is 5.91 Å². The zero-order valence-electron chi connectivity index (χ0n) is 18.0. The molecule has 1 amide bonds. The lowest BCUT2D eigenvalue weighted by atomic mass is 9.88. The van der Waals surface area contributed by atoms with E-state index in [0.717, 1.165) is 49.2 Å². The molecule has 0 radical (unpaired) electrons. The van der Waals surface area contributed by atoms with E-state index in [1.54, 1.807) is 0 Å². The fourth-order valence-electron chi connectivity index (χ4n) is 3.84. The molecule has 0 spiro atoms. The second-order valence-electron chi connectivity index (χ2n) is 7.95. The molecule has 1 aromatic heterocycles. The quantitative estimate of drug-likeness (QED) is 0.539. The minimum absolute atomic E-state index is 0.0605. The number of rotatable bonds is 10. The van der Waals surface area contributed by atoms with Gasteiger partial charge in [-0.25, -0.2) is 9.78 Å². The average molecular weight is 426 g/mol. The fraction of sp³-hybridized carbons (Fsp3) is 0.458. The van der Waals surface area contributed by atoms with Crippen LogP contribution in [0, 0.1) is 5.92 Å². The lowest BCUT2D eigenvalue weighted by molar-refractivity contribution is -0.142. The molecule has 31 heavy (non-hydrogen) atoms. The number of hydrogen-bond donors (Lipinski definition) is 3.